The van der Waals surface area contributed by atoms with Crippen molar-refractivity contribution < 1.29 is 4.79 Å². The minimum absolute atomic E-state index is 0.128. The van der Waals surface area contributed by atoms with Crippen molar-refractivity contribution in [3.63, 3.8) is 0 Å². The number of aryl methyl sites for hydroxylation is 1. The third kappa shape index (κ3) is 2.78. The predicted molar refractivity (Wildman–Crippen MR) is 72.4 cm³/mol. The Morgan fingerprint density at radius 2 is 2.32 bits per heavy atom. The molecule has 0 aliphatic carbocycles. The Morgan fingerprint density at radius 3 is 3.00 bits per heavy atom. The van der Waals surface area contributed by atoms with Crippen LogP contribution in [0.25, 0.3) is 0 Å². The Bertz CT molecular complexity index is 466. The molecule has 2 heterocycles. The van der Waals surface area contributed by atoms with E-state index in [1.54, 1.807) is 6.92 Å². The van der Waals surface area contributed by atoms with Gasteiger partial charge in [0.2, 0.25) is 5.91 Å². The van der Waals surface area contributed by atoms with E-state index >= 15 is 0 Å². The van der Waals surface area contributed by atoms with Crippen LogP contribution in [0.5, 0.6) is 0 Å². The molecule has 6 heteroatoms. The number of aromatic nitrogens is 3. The number of nitrogens with one attached hydrogen (secondary N) is 1. The van der Waals surface area contributed by atoms with Crippen LogP contribution in [0.15, 0.2) is 0 Å². The van der Waals surface area contributed by atoms with E-state index in [1.165, 1.54) is 0 Å². The number of nitrogens with zero attached hydrogens (tertiary/aromatic N) is 3. The Kier molecular flexibility index (Phi) is 3.89. The molecule has 0 bridgehead atoms. The van der Waals surface area contributed by atoms with Crippen LogP contribution in [-0.4, -0.2) is 26.2 Å². The SMILES string of the molecule is CCCC(C)(N)C(=O)NC(C)c1nnc2n1CCC2. The van der Waals surface area contributed by atoms with Crippen LogP contribution < -0.4 is 11.1 Å². The maximum absolute atomic E-state index is 12.2. The van der Waals surface area contributed by atoms with E-state index in [9.17, 15) is 4.79 Å². The van der Waals surface area contributed by atoms with Crippen molar-refractivity contribution in [1.82, 2.24) is 20.1 Å². The van der Waals surface area contributed by atoms with Crippen LogP contribution in [0.3, 0.4) is 0 Å². The van der Waals surface area contributed by atoms with Gasteiger partial charge in [0.1, 0.15) is 5.82 Å². The maximum Gasteiger partial charge on any atom is 0.240 e. The number of amides is 1. The fourth-order valence-corrected chi connectivity index (χ4v) is 2.55. The molecule has 0 saturated carbocycles. The van der Waals surface area contributed by atoms with Gasteiger partial charge in [-0.15, -0.1) is 10.2 Å². The number of carbonyl (C=O) groups excluding carboxylic acids is 1. The van der Waals surface area contributed by atoms with E-state index < -0.39 is 5.54 Å². The molecule has 0 fully saturated rings. The zero-order valence-corrected chi connectivity index (χ0v) is 11.9. The zero-order chi connectivity index (χ0) is 14.0. The number of hydrogen-bond acceptors (Lipinski definition) is 4. The summed E-state index contributed by atoms with van der Waals surface area (Å²) in [7, 11) is 0. The van der Waals surface area contributed by atoms with Gasteiger partial charge in [-0.2, -0.15) is 0 Å². The zero-order valence-electron chi connectivity index (χ0n) is 11.9. The molecule has 106 valence electrons. The van der Waals surface area contributed by atoms with Gasteiger partial charge in [0.05, 0.1) is 11.6 Å². The van der Waals surface area contributed by atoms with Crippen LogP contribution in [-0.2, 0) is 17.8 Å². The molecule has 0 saturated heterocycles. The second-order valence-corrected chi connectivity index (χ2v) is 5.59. The highest BCUT2D eigenvalue weighted by Crippen LogP contribution is 2.19. The molecular formula is C13H23N5O. The predicted octanol–water partition coefficient (Wildman–Crippen LogP) is 0.919. The highest BCUT2D eigenvalue weighted by molar-refractivity contribution is 5.85. The van der Waals surface area contributed by atoms with Crippen molar-refractivity contribution >= 4 is 5.91 Å². The summed E-state index contributed by atoms with van der Waals surface area (Å²) < 4.78 is 2.10. The van der Waals surface area contributed by atoms with Crippen LogP contribution in [0.1, 0.15) is 57.7 Å². The molecule has 0 aromatic carbocycles. The van der Waals surface area contributed by atoms with E-state index in [0.29, 0.717) is 6.42 Å². The van der Waals surface area contributed by atoms with Gasteiger partial charge in [0.15, 0.2) is 5.82 Å². The lowest BCUT2D eigenvalue weighted by Gasteiger charge is -2.25. The lowest BCUT2D eigenvalue weighted by Crippen LogP contribution is -2.52. The standard InChI is InChI=1S/C13H23N5O/c1-4-7-13(3,14)12(19)15-9(2)11-17-16-10-6-5-8-18(10)11/h9H,4-8,14H2,1-3H3,(H,15,19). The van der Waals surface area contributed by atoms with Crippen LogP contribution >= 0.6 is 0 Å². The second kappa shape index (κ2) is 5.28. The van der Waals surface area contributed by atoms with E-state index in [2.05, 4.69) is 20.1 Å². The first-order valence-electron chi connectivity index (χ1n) is 6.97. The van der Waals surface area contributed by atoms with E-state index in [0.717, 1.165) is 37.5 Å². The molecule has 0 radical (unpaired) electrons. The van der Waals surface area contributed by atoms with Crippen LogP contribution in [0, 0.1) is 0 Å². The Labute approximate surface area is 113 Å². The normalized spacial score (nSPS) is 18.7. The van der Waals surface area contributed by atoms with Crippen molar-refractivity contribution in [2.75, 3.05) is 0 Å². The molecule has 1 aromatic heterocycles. The van der Waals surface area contributed by atoms with Crippen molar-refractivity contribution in [3.8, 4) is 0 Å². The average Bonchev–Trinajstić information content (AvgIpc) is 2.89. The first kappa shape index (κ1) is 14.0. The summed E-state index contributed by atoms with van der Waals surface area (Å²) in [6, 6.07) is -0.161. The molecule has 6 nitrogen and oxygen atoms in total. The average molecular weight is 265 g/mol. The van der Waals surface area contributed by atoms with Crippen molar-refractivity contribution in [2.24, 2.45) is 5.73 Å². The van der Waals surface area contributed by atoms with Crippen LogP contribution in [0.4, 0.5) is 0 Å². The fourth-order valence-electron chi connectivity index (χ4n) is 2.55. The molecule has 19 heavy (non-hydrogen) atoms. The van der Waals surface area contributed by atoms with Gasteiger partial charge in [-0.25, -0.2) is 0 Å². The molecule has 3 N–H and O–H groups in total. The minimum Gasteiger partial charge on any atom is -0.345 e. The van der Waals surface area contributed by atoms with Crippen molar-refractivity contribution in [1.29, 1.82) is 0 Å². The number of nitrogens with two attached hydrogens (primary N) is 1. The smallest absolute Gasteiger partial charge is 0.240 e. The molecule has 1 aliphatic rings. The summed E-state index contributed by atoms with van der Waals surface area (Å²) in [5.41, 5.74) is 5.21. The third-order valence-electron chi connectivity index (χ3n) is 3.66. The van der Waals surface area contributed by atoms with Crippen molar-refractivity contribution in [3.05, 3.63) is 11.6 Å². The first-order chi connectivity index (χ1) is 8.95. The van der Waals surface area contributed by atoms with Gasteiger partial charge in [-0.3, -0.25) is 4.79 Å². The molecular weight excluding hydrogens is 242 g/mol. The first-order valence-corrected chi connectivity index (χ1v) is 6.97. The monoisotopic (exact) mass is 265 g/mol. The molecule has 2 unspecified atom stereocenters. The minimum atomic E-state index is -0.823. The highest BCUT2D eigenvalue weighted by atomic mass is 16.2. The number of carbonyl (C=O) groups is 1. The van der Waals surface area contributed by atoms with E-state index in [-0.39, 0.29) is 11.9 Å². The Morgan fingerprint density at radius 1 is 1.58 bits per heavy atom. The molecule has 1 aliphatic heterocycles. The summed E-state index contributed by atoms with van der Waals surface area (Å²) in [6.45, 7) is 6.66. The fraction of sp³-hybridized carbons (Fsp3) is 0.769. The van der Waals surface area contributed by atoms with Gasteiger partial charge in [-0.1, -0.05) is 13.3 Å². The van der Waals surface area contributed by atoms with Crippen LogP contribution in [0.2, 0.25) is 0 Å². The largest absolute Gasteiger partial charge is 0.345 e. The number of fused-ring (bicyclic) bond motifs is 1. The third-order valence-corrected chi connectivity index (χ3v) is 3.66. The van der Waals surface area contributed by atoms with Gasteiger partial charge < -0.3 is 15.6 Å². The molecule has 1 amide bonds. The molecule has 0 spiro atoms. The lowest BCUT2D eigenvalue weighted by molar-refractivity contribution is -0.126. The van der Waals surface area contributed by atoms with Gasteiger partial charge in [0, 0.05) is 13.0 Å². The van der Waals surface area contributed by atoms with E-state index in [1.807, 2.05) is 13.8 Å². The highest BCUT2D eigenvalue weighted by Gasteiger charge is 2.30. The lowest BCUT2D eigenvalue weighted by atomic mass is 9.96. The summed E-state index contributed by atoms with van der Waals surface area (Å²) in [4.78, 5) is 12.2. The number of hydrogen-bond donors (Lipinski definition) is 2. The molecule has 2 rings (SSSR count). The maximum atomic E-state index is 12.2. The summed E-state index contributed by atoms with van der Waals surface area (Å²) in [5, 5.41) is 11.3. The van der Waals surface area contributed by atoms with E-state index in [4.69, 9.17) is 5.73 Å². The second-order valence-electron chi connectivity index (χ2n) is 5.59. The summed E-state index contributed by atoms with van der Waals surface area (Å²) in [6.07, 6.45) is 3.62. The van der Waals surface area contributed by atoms with Gasteiger partial charge >= 0.3 is 0 Å². The van der Waals surface area contributed by atoms with Gasteiger partial charge in [0.25, 0.3) is 0 Å². The summed E-state index contributed by atoms with van der Waals surface area (Å²) >= 11 is 0. The Hall–Kier alpha value is -1.43. The van der Waals surface area contributed by atoms with Crippen molar-refractivity contribution in [2.45, 2.75) is 64.6 Å². The molecule has 2 atom stereocenters. The quantitative estimate of drug-likeness (QED) is 0.829. The molecule has 1 aromatic rings. The van der Waals surface area contributed by atoms with Gasteiger partial charge in [-0.05, 0) is 26.7 Å². The Balaban J connectivity index is 2.05. The summed E-state index contributed by atoms with van der Waals surface area (Å²) in [5.74, 6) is 1.71. The topological polar surface area (TPSA) is 85.8 Å². The number of rotatable bonds is 5.